The lowest BCUT2D eigenvalue weighted by Crippen LogP contribution is -2.35. The van der Waals surface area contributed by atoms with Crippen LogP contribution < -0.4 is 0 Å². The second-order valence-electron chi connectivity index (χ2n) is 6.21. The van der Waals surface area contributed by atoms with Gasteiger partial charge in [0.1, 0.15) is 10.7 Å². The van der Waals surface area contributed by atoms with E-state index in [2.05, 4.69) is 47.2 Å². The van der Waals surface area contributed by atoms with E-state index in [1.165, 1.54) is 22.5 Å². The third-order valence-corrected chi connectivity index (χ3v) is 5.30. The lowest BCUT2D eigenvalue weighted by Gasteiger charge is -2.25. The zero-order valence-electron chi connectivity index (χ0n) is 13.7. The summed E-state index contributed by atoms with van der Waals surface area (Å²) in [7, 11) is 0. The monoisotopic (exact) mass is 338 g/mol. The van der Waals surface area contributed by atoms with E-state index < -0.39 is 0 Å². The second-order valence-corrected chi connectivity index (χ2v) is 7.06. The van der Waals surface area contributed by atoms with Crippen LogP contribution in [-0.4, -0.2) is 32.5 Å². The quantitative estimate of drug-likeness (QED) is 0.779. The fourth-order valence-corrected chi connectivity index (χ4v) is 3.99. The van der Waals surface area contributed by atoms with Crippen LogP contribution in [0.4, 0.5) is 0 Å². The highest BCUT2D eigenvalue weighted by atomic mass is 32.1. The van der Waals surface area contributed by atoms with Gasteiger partial charge in [-0.15, -0.1) is 11.3 Å². The smallest absolute Gasteiger partial charge is 0.273 e. The molecule has 0 saturated carbocycles. The molecule has 0 radical (unpaired) electrons. The van der Waals surface area contributed by atoms with Gasteiger partial charge in [0.25, 0.3) is 5.91 Å². The summed E-state index contributed by atoms with van der Waals surface area (Å²) in [6, 6.07) is 6.30. The fourth-order valence-electron chi connectivity index (χ4n) is 3.11. The molecule has 0 aliphatic carbocycles. The predicted octanol–water partition coefficient (Wildman–Crippen LogP) is 3.35. The van der Waals surface area contributed by atoms with Crippen molar-refractivity contribution in [1.29, 1.82) is 0 Å². The molecule has 3 aromatic rings. The van der Waals surface area contributed by atoms with E-state index >= 15 is 0 Å². The van der Waals surface area contributed by atoms with Gasteiger partial charge in [-0.2, -0.15) is 5.10 Å². The number of thiazole rings is 1. The molecule has 122 valence electrons. The molecule has 0 atom stereocenters. The van der Waals surface area contributed by atoms with Crippen LogP contribution >= 0.6 is 11.3 Å². The Kier molecular flexibility index (Phi) is 3.69. The average molecular weight is 338 g/mol. The molecule has 1 aliphatic rings. The molecule has 1 aliphatic heterocycles. The molecule has 2 aromatic heterocycles. The number of hydrogen-bond donors (Lipinski definition) is 1. The number of fused-ring (bicyclic) bond motifs is 1. The van der Waals surface area contributed by atoms with E-state index in [1.54, 1.807) is 6.20 Å². The number of H-pyrrole nitrogens is 1. The Labute approximate surface area is 144 Å². The van der Waals surface area contributed by atoms with Gasteiger partial charge in [0, 0.05) is 41.7 Å². The Balaban J connectivity index is 1.58. The number of rotatable bonds is 2. The first kappa shape index (κ1) is 15.1. The number of aromatic amines is 1. The van der Waals surface area contributed by atoms with Crippen molar-refractivity contribution in [2.75, 3.05) is 6.54 Å². The van der Waals surface area contributed by atoms with Crippen molar-refractivity contribution in [3.8, 4) is 10.6 Å². The summed E-state index contributed by atoms with van der Waals surface area (Å²) in [6.45, 7) is 5.45. The molecule has 24 heavy (non-hydrogen) atoms. The van der Waals surface area contributed by atoms with Crippen LogP contribution in [0.2, 0.25) is 0 Å². The van der Waals surface area contributed by atoms with Crippen LogP contribution in [0, 0.1) is 13.8 Å². The van der Waals surface area contributed by atoms with Gasteiger partial charge in [0.15, 0.2) is 0 Å². The van der Waals surface area contributed by atoms with Gasteiger partial charge in [-0.3, -0.25) is 9.89 Å². The third kappa shape index (κ3) is 2.63. The predicted molar refractivity (Wildman–Crippen MR) is 94.1 cm³/mol. The van der Waals surface area contributed by atoms with Crippen molar-refractivity contribution in [2.24, 2.45) is 0 Å². The van der Waals surface area contributed by atoms with Gasteiger partial charge in [0.05, 0.1) is 6.20 Å². The highest BCUT2D eigenvalue weighted by Crippen LogP contribution is 2.28. The maximum absolute atomic E-state index is 12.8. The fraction of sp³-hybridized carbons (Fsp3) is 0.278. The largest absolute Gasteiger partial charge is 0.332 e. The zero-order valence-corrected chi connectivity index (χ0v) is 14.5. The summed E-state index contributed by atoms with van der Waals surface area (Å²) >= 11 is 1.53. The van der Waals surface area contributed by atoms with Crippen LogP contribution in [0.15, 0.2) is 29.8 Å². The number of aryl methyl sites for hydroxylation is 2. The number of amides is 1. The van der Waals surface area contributed by atoms with Crippen molar-refractivity contribution < 1.29 is 4.79 Å². The molecule has 0 fully saturated rings. The van der Waals surface area contributed by atoms with Gasteiger partial charge < -0.3 is 4.90 Å². The molecule has 1 N–H and O–H groups in total. The summed E-state index contributed by atoms with van der Waals surface area (Å²) in [5, 5.41) is 9.81. The Morgan fingerprint density at radius 2 is 2.21 bits per heavy atom. The number of carbonyl (C=O) groups is 1. The molecular weight excluding hydrogens is 320 g/mol. The molecule has 0 saturated heterocycles. The van der Waals surface area contributed by atoms with Crippen LogP contribution in [0.3, 0.4) is 0 Å². The van der Waals surface area contributed by atoms with Crippen LogP contribution in [0.25, 0.3) is 10.6 Å². The first-order chi connectivity index (χ1) is 11.6. The van der Waals surface area contributed by atoms with Gasteiger partial charge >= 0.3 is 0 Å². The maximum atomic E-state index is 12.8. The molecule has 1 amide bonds. The molecule has 3 heterocycles. The molecule has 0 spiro atoms. The number of nitrogens with one attached hydrogen (secondary N) is 1. The highest BCUT2D eigenvalue weighted by Gasteiger charge is 2.24. The Bertz CT molecular complexity index is 911. The molecule has 0 bridgehead atoms. The minimum atomic E-state index is -0.00545. The highest BCUT2D eigenvalue weighted by molar-refractivity contribution is 7.13. The lowest BCUT2D eigenvalue weighted by atomic mass is 10.1. The SMILES string of the molecule is Cc1ccc(-c2nc(C(=O)N3CCc4[nH]ncc4C3)cs2)c(C)c1. The number of benzene rings is 1. The van der Waals surface area contributed by atoms with E-state index in [1.807, 2.05) is 10.3 Å². The molecular formula is C18H18N4OS. The standard InChI is InChI=1S/C18H18N4OS/c1-11-3-4-14(12(2)7-11)17-20-16(10-24-17)18(23)22-6-5-15-13(9-22)8-19-21-15/h3-4,7-8,10H,5-6,9H2,1-2H3,(H,19,21). The topological polar surface area (TPSA) is 61.9 Å². The molecule has 5 nitrogen and oxygen atoms in total. The Morgan fingerprint density at radius 3 is 3.04 bits per heavy atom. The van der Waals surface area contributed by atoms with Gasteiger partial charge in [-0.05, 0) is 19.4 Å². The Morgan fingerprint density at radius 1 is 1.33 bits per heavy atom. The number of aromatic nitrogens is 3. The van der Waals surface area contributed by atoms with Gasteiger partial charge in [-0.25, -0.2) is 4.98 Å². The minimum Gasteiger partial charge on any atom is -0.332 e. The van der Waals surface area contributed by atoms with E-state index in [9.17, 15) is 4.79 Å². The number of carbonyl (C=O) groups excluding carboxylic acids is 1. The van der Waals surface area contributed by atoms with E-state index in [0.717, 1.165) is 28.2 Å². The van der Waals surface area contributed by atoms with Crippen LogP contribution in [0.5, 0.6) is 0 Å². The van der Waals surface area contributed by atoms with Crippen molar-refractivity contribution in [3.05, 3.63) is 57.9 Å². The van der Waals surface area contributed by atoms with E-state index in [4.69, 9.17) is 0 Å². The normalized spacial score (nSPS) is 13.8. The van der Waals surface area contributed by atoms with Crippen molar-refractivity contribution in [3.63, 3.8) is 0 Å². The van der Waals surface area contributed by atoms with E-state index in [0.29, 0.717) is 18.8 Å². The molecule has 6 heteroatoms. The number of nitrogens with zero attached hydrogens (tertiary/aromatic N) is 3. The van der Waals surface area contributed by atoms with Gasteiger partial charge in [-0.1, -0.05) is 23.8 Å². The summed E-state index contributed by atoms with van der Waals surface area (Å²) in [5.41, 5.74) is 6.27. The molecule has 0 unspecified atom stereocenters. The Hall–Kier alpha value is -2.47. The summed E-state index contributed by atoms with van der Waals surface area (Å²) in [5.74, 6) is -0.00545. The van der Waals surface area contributed by atoms with Crippen molar-refractivity contribution in [2.45, 2.75) is 26.8 Å². The summed E-state index contributed by atoms with van der Waals surface area (Å²) < 4.78 is 0. The first-order valence-corrected chi connectivity index (χ1v) is 8.83. The maximum Gasteiger partial charge on any atom is 0.273 e. The summed E-state index contributed by atoms with van der Waals surface area (Å²) in [4.78, 5) is 19.2. The van der Waals surface area contributed by atoms with Crippen molar-refractivity contribution in [1.82, 2.24) is 20.1 Å². The van der Waals surface area contributed by atoms with Crippen LogP contribution in [0.1, 0.15) is 32.9 Å². The average Bonchev–Trinajstić information content (AvgIpc) is 3.22. The second kappa shape index (κ2) is 5.87. The minimum absolute atomic E-state index is 0.00545. The lowest BCUT2D eigenvalue weighted by molar-refractivity contribution is 0.0729. The third-order valence-electron chi connectivity index (χ3n) is 4.42. The van der Waals surface area contributed by atoms with Gasteiger partial charge in [0.2, 0.25) is 0 Å². The molecule has 1 aromatic carbocycles. The number of hydrogen-bond acceptors (Lipinski definition) is 4. The van der Waals surface area contributed by atoms with Crippen LogP contribution in [-0.2, 0) is 13.0 Å². The zero-order chi connectivity index (χ0) is 16.7. The van der Waals surface area contributed by atoms with E-state index in [-0.39, 0.29) is 5.91 Å². The summed E-state index contributed by atoms with van der Waals surface area (Å²) in [6.07, 6.45) is 2.62. The van der Waals surface area contributed by atoms with Crippen molar-refractivity contribution >= 4 is 17.2 Å². The first-order valence-electron chi connectivity index (χ1n) is 7.95. The molecule has 4 rings (SSSR count).